The zero-order valence-electron chi connectivity index (χ0n) is 13.1. The molecule has 8 nitrogen and oxygen atoms in total. The van der Waals surface area contributed by atoms with Gasteiger partial charge in [0.15, 0.2) is 0 Å². The molecule has 2 rings (SSSR count). The van der Waals surface area contributed by atoms with Gasteiger partial charge in [-0.05, 0) is 24.1 Å². The van der Waals surface area contributed by atoms with Crippen LogP contribution in [0.2, 0.25) is 0 Å². The second-order valence-electron chi connectivity index (χ2n) is 5.06. The van der Waals surface area contributed by atoms with E-state index in [0.29, 0.717) is 12.1 Å². The Bertz CT molecular complexity index is 819. The van der Waals surface area contributed by atoms with Crippen molar-refractivity contribution < 1.29 is 14.6 Å². The van der Waals surface area contributed by atoms with E-state index in [1.54, 1.807) is 19.2 Å². The zero-order chi connectivity index (χ0) is 17.9. The fraction of sp³-hybridized carbons (Fsp3) is 0.188. The van der Waals surface area contributed by atoms with Crippen molar-refractivity contribution in [3.8, 4) is 0 Å². The highest BCUT2D eigenvalue weighted by Gasteiger charge is 2.27. The van der Waals surface area contributed by atoms with E-state index in [1.165, 1.54) is 11.0 Å². The molecule has 0 radical (unpaired) electrons. The van der Waals surface area contributed by atoms with E-state index in [4.69, 9.17) is 0 Å². The lowest BCUT2D eigenvalue weighted by Crippen LogP contribution is -2.27. The first-order valence-corrected chi connectivity index (χ1v) is 7.15. The average molecular weight is 329 g/mol. The molecular formula is C16H15N3O5. The number of hydrogen-bond donors (Lipinski definition) is 0. The summed E-state index contributed by atoms with van der Waals surface area (Å²) in [6, 6.07) is 10.4. The number of aryl methyl sites for hydroxylation is 1. The molecule has 0 N–H and O–H groups in total. The van der Waals surface area contributed by atoms with E-state index in [9.17, 15) is 25.0 Å². The summed E-state index contributed by atoms with van der Waals surface area (Å²) in [4.78, 5) is 34.1. The molecule has 124 valence electrons. The van der Waals surface area contributed by atoms with Gasteiger partial charge in [0.05, 0.1) is 9.85 Å². The monoisotopic (exact) mass is 329 g/mol. The zero-order valence-corrected chi connectivity index (χ0v) is 13.1. The fourth-order valence-corrected chi connectivity index (χ4v) is 2.40. The molecule has 0 spiro atoms. The molecule has 0 aromatic heterocycles. The van der Waals surface area contributed by atoms with Gasteiger partial charge in [-0.25, -0.2) is 0 Å². The summed E-state index contributed by atoms with van der Waals surface area (Å²) in [7, 11) is 1.56. The van der Waals surface area contributed by atoms with Crippen molar-refractivity contribution in [1.82, 2.24) is 0 Å². The van der Waals surface area contributed by atoms with Crippen LogP contribution in [0, 0.1) is 20.2 Å². The third-order valence-electron chi connectivity index (χ3n) is 3.65. The minimum Gasteiger partial charge on any atom is -0.311 e. The Morgan fingerprint density at radius 2 is 1.67 bits per heavy atom. The summed E-state index contributed by atoms with van der Waals surface area (Å²) in [5.41, 5.74) is 0.299. The van der Waals surface area contributed by atoms with Crippen molar-refractivity contribution >= 4 is 23.0 Å². The Kier molecular flexibility index (Phi) is 4.88. The molecule has 24 heavy (non-hydrogen) atoms. The predicted molar refractivity (Wildman–Crippen MR) is 88.3 cm³/mol. The minimum absolute atomic E-state index is 0.0145. The molecular weight excluding hydrogens is 314 g/mol. The quantitative estimate of drug-likeness (QED) is 0.617. The third-order valence-corrected chi connectivity index (χ3v) is 3.65. The van der Waals surface area contributed by atoms with Crippen molar-refractivity contribution in [2.24, 2.45) is 0 Å². The molecule has 0 unspecified atom stereocenters. The van der Waals surface area contributed by atoms with E-state index in [2.05, 4.69) is 0 Å². The first kappa shape index (κ1) is 17.1. The van der Waals surface area contributed by atoms with Crippen LogP contribution in [-0.4, -0.2) is 22.8 Å². The smallest absolute Gasteiger partial charge is 0.311 e. The van der Waals surface area contributed by atoms with Gasteiger partial charge < -0.3 is 4.90 Å². The number of carbonyl (C=O) groups is 1. The van der Waals surface area contributed by atoms with E-state index in [1.807, 2.05) is 19.1 Å². The van der Waals surface area contributed by atoms with Crippen LogP contribution in [0.1, 0.15) is 22.8 Å². The number of amides is 1. The molecule has 0 atom stereocenters. The summed E-state index contributed by atoms with van der Waals surface area (Å²) in [6.07, 6.45) is 0.716. The number of hydrogen-bond acceptors (Lipinski definition) is 5. The molecule has 0 aliphatic rings. The van der Waals surface area contributed by atoms with Gasteiger partial charge in [0.25, 0.3) is 5.91 Å². The standard InChI is InChI=1S/C16H15N3O5/c1-3-11-6-4-5-7-13(11)17(2)16(20)12-8-9-14(18(21)22)15(10-12)19(23)24/h4-10H,3H2,1-2H3. The number of nitrogens with zero attached hydrogens (tertiary/aromatic N) is 3. The van der Waals surface area contributed by atoms with Crippen molar-refractivity contribution in [3.05, 3.63) is 73.8 Å². The largest absolute Gasteiger partial charge is 0.346 e. The second-order valence-corrected chi connectivity index (χ2v) is 5.06. The number of carbonyl (C=O) groups excluding carboxylic acids is 1. The van der Waals surface area contributed by atoms with E-state index in [-0.39, 0.29) is 5.56 Å². The highest BCUT2D eigenvalue weighted by molar-refractivity contribution is 6.06. The van der Waals surface area contributed by atoms with Crippen LogP contribution in [-0.2, 0) is 6.42 Å². The lowest BCUT2D eigenvalue weighted by Gasteiger charge is -2.20. The summed E-state index contributed by atoms with van der Waals surface area (Å²) < 4.78 is 0. The van der Waals surface area contributed by atoms with Gasteiger partial charge in [-0.2, -0.15) is 0 Å². The molecule has 0 aliphatic heterocycles. The normalized spacial score (nSPS) is 10.2. The number of para-hydroxylation sites is 1. The Hall–Kier alpha value is -3.29. The maximum atomic E-state index is 12.6. The van der Waals surface area contributed by atoms with Gasteiger partial charge in [0.1, 0.15) is 0 Å². The van der Waals surface area contributed by atoms with Crippen molar-refractivity contribution in [2.75, 3.05) is 11.9 Å². The topological polar surface area (TPSA) is 107 Å². The van der Waals surface area contributed by atoms with Gasteiger partial charge in [-0.1, -0.05) is 25.1 Å². The maximum absolute atomic E-state index is 12.6. The van der Waals surface area contributed by atoms with Crippen LogP contribution in [0.4, 0.5) is 17.1 Å². The molecule has 1 amide bonds. The first-order chi connectivity index (χ1) is 11.4. The van der Waals surface area contributed by atoms with Gasteiger partial charge in [0, 0.05) is 30.4 Å². The Morgan fingerprint density at radius 3 is 2.25 bits per heavy atom. The molecule has 0 saturated carbocycles. The highest BCUT2D eigenvalue weighted by atomic mass is 16.6. The van der Waals surface area contributed by atoms with Crippen LogP contribution in [0.3, 0.4) is 0 Å². The molecule has 8 heteroatoms. The van der Waals surface area contributed by atoms with Crippen LogP contribution in [0.25, 0.3) is 0 Å². The molecule has 0 bridgehead atoms. The molecule has 2 aromatic carbocycles. The molecule has 0 heterocycles. The van der Waals surface area contributed by atoms with Crippen LogP contribution < -0.4 is 4.90 Å². The van der Waals surface area contributed by atoms with E-state index >= 15 is 0 Å². The van der Waals surface area contributed by atoms with Gasteiger partial charge >= 0.3 is 11.4 Å². The number of nitro benzene ring substituents is 2. The molecule has 0 aliphatic carbocycles. The fourth-order valence-electron chi connectivity index (χ4n) is 2.40. The van der Waals surface area contributed by atoms with Crippen molar-refractivity contribution in [2.45, 2.75) is 13.3 Å². The first-order valence-electron chi connectivity index (χ1n) is 7.15. The lowest BCUT2D eigenvalue weighted by atomic mass is 10.1. The summed E-state index contributed by atoms with van der Waals surface area (Å²) in [6.45, 7) is 1.95. The molecule has 0 fully saturated rings. The van der Waals surface area contributed by atoms with Crippen molar-refractivity contribution in [1.29, 1.82) is 0 Å². The van der Waals surface area contributed by atoms with Gasteiger partial charge in [-0.3, -0.25) is 25.0 Å². The number of anilines is 1. The Balaban J connectivity index is 2.44. The number of rotatable bonds is 5. The van der Waals surface area contributed by atoms with Crippen LogP contribution in [0.5, 0.6) is 0 Å². The molecule has 0 saturated heterocycles. The van der Waals surface area contributed by atoms with E-state index < -0.39 is 27.1 Å². The Morgan fingerprint density at radius 1 is 1.04 bits per heavy atom. The summed E-state index contributed by atoms with van der Waals surface area (Å²) >= 11 is 0. The SMILES string of the molecule is CCc1ccccc1N(C)C(=O)c1ccc([N+](=O)[O-])c([N+](=O)[O-])c1. The van der Waals surface area contributed by atoms with Gasteiger partial charge in [0.2, 0.25) is 0 Å². The summed E-state index contributed by atoms with van der Waals surface area (Å²) in [5, 5.41) is 21.9. The number of nitro groups is 2. The van der Waals surface area contributed by atoms with Crippen LogP contribution >= 0.6 is 0 Å². The Labute approximate surface area is 137 Å². The minimum atomic E-state index is -0.866. The summed E-state index contributed by atoms with van der Waals surface area (Å²) in [5.74, 6) is -0.478. The predicted octanol–water partition coefficient (Wildman–Crippen LogP) is 3.34. The highest BCUT2D eigenvalue weighted by Crippen LogP contribution is 2.29. The third kappa shape index (κ3) is 3.22. The van der Waals surface area contributed by atoms with Crippen LogP contribution in [0.15, 0.2) is 42.5 Å². The van der Waals surface area contributed by atoms with Gasteiger partial charge in [-0.15, -0.1) is 0 Å². The molecule has 2 aromatic rings. The van der Waals surface area contributed by atoms with E-state index in [0.717, 1.165) is 17.7 Å². The maximum Gasteiger partial charge on any atom is 0.346 e. The lowest BCUT2D eigenvalue weighted by molar-refractivity contribution is -0.422. The second kappa shape index (κ2) is 6.86. The average Bonchev–Trinajstić information content (AvgIpc) is 2.59. The number of benzene rings is 2. The van der Waals surface area contributed by atoms with Crippen molar-refractivity contribution in [3.63, 3.8) is 0 Å².